The van der Waals surface area contributed by atoms with Crippen molar-refractivity contribution in [1.29, 1.82) is 0 Å². The van der Waals surface area contributed by atoms with Gasteiger partial charge in [0.1, 0.15) is 0 Å². The van der Waals surface area contributed by atoms with Crippen LogP contribution in [0.5, 0.6) is 0 Å². The third kappa shape index (κ3) is 3.19. The standard InChI is InChI=1S/C36H48/c1-14-16-22(4)19-30-29-18-15-17-23(5)32(29)25(7)33-27(9)36(13)26(8)31(21(2)3)24(6)20-34(36,11)28(10)35(30,33)12/h15,17-18,28,30H,2,4,7-8,14,16,19-20H2,1,3,5-6,9-13H3/t28-,30+,34-,35-,36+/m0/s1. The van der Waals surface area contributed by atoms with Crippen LogP contribution in [0.2, 0.25) is 0 Å². The maximum Gasteiger partial charge on any atom is 0.0196 e. The minimum atomic E-state index is -0.150. The van der Waals surface area contributed by atoms with Crippen LogP contribution in [0.15, 0.2) is 83.5 Å². The van der Waals surface area contributed by atoms with Gasteiger partial charge in [-0.25, -0.2) is 0 Å². The number of hydrogen-bond donors (Lipinski definition) is 0. The molecule has 4 rings (SSSR count). The van der Waals surface area contributed by atoms with E-state index in [2.05, 4.69) is 93.7 Å². The third-order valence-corrected chi connectivity index (χ3v) is 11.2. The van der Waals surface area contributed by atoms with Crippen LogP contribution in [-0.2, 0) is 0 Å². The first-order valence-corrected chi connectivity index (χ1v) is 13.9. The van der Waals surface area contributed by atoms with Crippen molar-refractivity contribution in [3.63, 3.8) is 0 Å². The summed E-state index contributed by atoms with van der Waals surface area (Å²) in [4.78, 5) is 0. The average molecular weight is 481 g/mol. The molecule has 0 nitrogen and oxygen atoms in total. The van der Waals surface area contributed by atoms with Gasteiger partial charge < -0.3 is 0 Å². The monoisotopic (exact) mass is 480 g/mol. The number of aryl methyl sites for hydroxylation is 1. The lowest BCUT2D eigenvalue weighted by molar-refractivity contribution is -0.0285. The summed E-state index contributed by atoms with van der Waals surface area (Å²) in [6.07, 6.45) is 4.35. The molecule has 0 N–H and O–H groups in total. The van der Waals surface area contributed by atoms with Crippen molar-refractivity contribution in [3.8, 4) is 0 Å². The molecule has 0 spiro atoms. The Morgan fingerprint density at radius 1 is 1.06 bits per heavy atom. The molecule has 0 saturated carbocycles. The van der Waals surface area contributed by atoms with Crippen LogP contribution in [0.25, 0.3) is 5.57 Å². The van der Waals surface area contributed by atoms with Gasteiger partial charge in [-0.2, -0.15) is 0 Å². The minimum Gasteiger partial charge on any atom is -0.0998 e. The van der Waals surface area contributed by atoms with Gasteiger partial charge in [0.15, 0.2) is 0 Å². The maximum absolute atomic E-state index is 4.83. The molecule has 0 heteroatoms. The third-order valence-electron chi connectivity index (χ3n) is 11.2. The topological polar surface area (TPSA) is 0 Å². The smallest absolute Gasteiger partial charge is 0.0196 e. The highest BCUT2D eigenvalue weighted by molar-refractivity contribution is 5.87. The van der Waals surface area contributed by atoms with Crippen molar-refractivity contribution in [2.45, 2.75) is 93.9 Å². The van der Waals surface area contributed by atoms with Crippen molar-refractivity contribution in [2.24, 2.45) is 22.2 Å². The molecule has 0 amide bonds. The lowest BCUT2D eigenvalue weighted by Crippen LogP contribution is -2.58. The Labute approximate surface area is 221 Å². The lowest BCUT2D eigenvalue weighted by Gasteiger charge is -2.67. The molecule has 0 fully saturated rings. The van der Waals surface area contributed by atoms with Gasteiger partial charge >= 0.3 is 0 Å². The lowest BCUT2D eigenvalue weighted by atomic mass is 9.36. The summed E-state index contributed by atoms with van der Waals surface area (Å²) in [6, 6.07) is 6.88. The zero-order chi connectivity index (χ0) is 27.0. The molecule has 0 saturated heterocycles. The first-order valence-electron chi connectivity index (χ1n) is 13.9. The molecule has 1 aromatic rings. The predicted molar refractivity (Wildman–Crippen MR) is 159 cm³/mol. The quantitative estimate of drug-likeness (QED) is 0.368. The molecule has 192 valence electrons. The van der Waals surface area contributed by atoms with Crippen LogP contribution in [0.3, 0.4) is 0 Å². The average Bonchev–Trinajstić information content (AvgIpc) is 2.78. The first kappa shape index (κ1) is 26.7. The van der Waals surface area contributed by atoms with Gasteiger partial charge in [-0.15, -0.1) is 0 Å². The molecule has 0 radical (unpaired) electrons. The summed E-state index contributed by atoms with van der Waals surface area (Å²) in [5, 5.41) is 0. The van der Waals surface area contributed by atoms with E-state index in [0.29, 0.717) is 11.8 Å². The fraction of sp³-hybridized carbons (Fsp3) is 0.500. The van der Waals surface area contributed by atoms with Crippen LogP contribution < -0.4 is 0 Å². The van der Waals surface area contributed by atoms with E-state index in [1.807, 2.05) is 0 Å². The largest absolute Gasteiger partial charge is 0.0998 e. The Hall–Kier alpha value is -2.34. The molecule has 5 atom stereocenters. The molecule has 0 unspecified atom stereocenters. The van der Waals surface area contributed by atoms with Crippen LogP contribution in [0, 0.1) is 29.1 Å². The first-order chi connectivity index (χ1) is 16.7. The number of hydrogen-bond acceptors (Lipinski definition) is 0. The predicted octanol–water partition coefficient (Wildman–Crippen LogP) is 10.7. The van der Waals surface area contributed by atoms with Gasteiger partial charge in [0.05, 0.1) is 0 Å². The second-order valence-electron chi connectivity index (χ2n) is 12.9. The minimum absolute atomic E-state index is 0.0335. The summed E-state index contributed by atoms with van der Waals surface area (Å²) >= 11 is 0. The van der Waals surface area contributed by atoms with Gasteiger partial charge in [0, 0.05) is 10.8 Å². The van der Waals surface area contributed by atoms with E-state index in [9.17, 15) is 0 Å². The number of fused-ring (bicyclic) bond motifs is 3. The van der Waals surface area contributed by atoms with E-state index in [-0.39, 0.29) is 16.2 Å². The molecular formula is C36H48. The summed E-state index contributed by atoms with van der Waals surface area (Å²) < 4.78 is 0. The number of rotatable bonds is 5. The summed E-state index contributed by atoms with van der Waals surface area (Å²) in [5.41, 5.74) is 14.7. The highest BCUT2D eigenvalue weighted by Gasteiger charge is 2.65. The normalized spacial score (nSPS) is 33.8. The zero-order valence-electron chi connectivity index (χ0n) is 24.5. The Morgan fingerprint density at radius 2 is 1.69 bits per heavy atom. The molecule has 36 heavy (non-hydrogen) atoms. The van der Waals surface area contributed by atoms with Gasteiger partial charge in [0.2, 0.25) is 0 Å². The SMILES string of the molecule is C=C(CCC)C[C@@H]1c2cccc(C)c2C(=C)C2=C(C)[C@@]3(C)C(=C)C(C(=C)C)=C(C)C[C@@]3(C)[C@H](C)[C@]21C. The van der Waals surface area contributed by atoms with Gasteiger partial charge in [-0.05, 0) is 103 Å². The highest BCUT2D eigenvalue weighted by atomic mass is 14.7. The van der Waals surface area contributed by atoms with E-state index in [1.54, 1.807) is 0 Å². The summed E-state index contributed by atoms with van der Waals surface area (Å²) in [6.45, 7) is 40.0. The molecule has 0 bridgehead atoms. The Balaban J connectivity index is 2.09. The van der Waals surface area contributed by atoms with E-state index in [1.165, 1.54) is 55.7 Å². The summed E-state index contributed by atoms with van der Waals surface area (Å²) in [5.74, 6) is 0.815. The van der Waals surface area contributed by atoms with Crippen molar-refractivity contribution in [1.82, 2.24) is 0 Å². The van der Waals surface area contributed by atoms with Crippen molar-refractivity contribution >= 4 is 5.57 Å². The Kier molecular flexibility index (Phi) is 6.39. The van der Waals surface area contributed by atoms with Crippen molar-refractivity contribution in [2.75, 3.05) is 0 Å². The fourth-order valence-electron chi connectivity index (χ4n) is 9.00. The second-order valence-corrected chi connectivity index (χ2v) is 12.9. The fourth-order valence-corrected chi connectivity index (χ4v) is 9.00. The van der Waals surface area contributed by atoms with Gasteiger partial charge in [-0.1, -0.05) is 108 Å². The van der Waals surface area contributed by atoms with E-state index in [0.717, 1.165) is 31.3 Å². The maximum atomic E-state index is 4.83. The molecule has 3 aliphatic carbocycles. The molecule has 3 aliphatic rings. The molecular weight excluding hydrogens is 432 g/mol. The van der Waals surface area contributed by atoms with Crippen LogP contribution >= 0.6 is 0 Å². The van der Waals surface area contributed by atoms with E-state index < -0.39 is 0 Å². The zero-order valence-corrected chi connectivity index (χ0v) is 24.5. The molecule has 1 aromatic carbocycles. The molecule has 0 aliphatic heterocycles. The molecule has 0 heterocycles. The van der Waals surface area contributed by atoms with Crippen LogP contribution in [-0.4, -0.2) is 0 Å². The van der Waals surface area contributed by atoms with Crippen molar-refractivity contribution < 1.29 is 0 Å². The molecule has 0 aromatic heterocycles. The van der Waals surface area contributed by atoms with E-state index >= 15 is 0 Å². The highest BCUT2D eigenvalue weighted by Crippen LogP contribution is 2.75. The van der Waals surface area contributed by atoms with Crippen molar-refractivity contribution in [3.05, 3.63) is 100 Å². The Bertz CT molecular complexity index is 1260. The Morgan fingerprint density at radius 3 is 2.28 bits per heavy atom. The van der Waals surface area contributed by atoms with Crippen LogP contribution in [0.4, 0.5) is 0 Å². The van der Waals surface area contributed by atoms with E-state index in [4.69, 9.17) is 13.2 Å². The number of allylic oxidation sites excluding steroid dienone is 8. The van der Waals surface area contributed by atoms with Gasteiger partial charge in [0.25, 0.3) is 0 Å². The second kappa shape index (κ2) is 8.61. The number of benzene rings is 1. The van der Waals surface area contributed by atoms with Gasteiger partial charge in [-0.3, -0.25) is 0 Å². The van der Waals surface area contributed by atoms with Crippen LogP contribution in [0.1, 0.15) is 104 Å². The summed E-state index contributed by atoms with van der Waals surface area (Å²) in [7, 11) is 0.